The van der Waals surface area contributed by atoms with E-state index in [0.717, 1.165) is 26.2 Å². The molecule has 1 fully saturated rings. The topological polar surface area (TPSA) is 23.6 Å². The molecule has 2 rings (SSSR count). The molecule has 0 saturated carbocycles. The fourth-order valence-corrected chi connectivity index (χ4v) is 2.08. The van der Waals surface area contributed by atoms with Gasteiger partial charge < -0.3 is 9.80 Å². The highest BCUT2D eigenvalue weighted by atomic mass is 19.1. The summed E-state index contributed by atoms with van der Waals surface area (Å²) < 4.78 is 14.1. The zero-order chi connectivity index (χ0) is 12.4. The molecule has 1 heterocycles. The first-order valence-corrected chi connectivity index (χ1v) is 5.82. The van der Waals surface area contributed by atoms with Crippen molar-refractivity contribution in [1.29, 1.82) is 0 Å². The van der Waals surface area contributed by atoms with Crippen molar-refractivity contribution >= 4 is 11.5 Å². The Kier molecular flexibility index (Phi) is 3.43. The molecule has 0 atom stereocenters. The number of halogens is 1. The second kappa shape index (κ2) is 4.84. The summed E-state index contributed by atoms with van der Waals surface area (Å²) in [7, 11) is 2.06. The molecule has 0 spiro atoms. The van der Waals surface area contributed by atoms with Gasteiger partial charge in [-0.3, -0.25) is 4.79 Å². The highest BCUT2D eigenvalue weighted by Crippen LogP contribution is 2.23. The second-order valence-electron chi connectivity index (χ2n) is 4.49. The van der Waals surface area contributed by atoms with Gasteiger partial charge in [-0.05, 0) is 26.1 Å². The van der Waals surface area contributed by atoms with Gasteiger partial charge in [0.05, 0.1) is 11.3 Å². The van der Waals surface area contributed by atoms with Crippen molar-refractivity contribution in [3.8, 4) is 0 Å². The Hall–Kier alpha value is -1.42. The van der Waals surface area contributed by atoms with Crippen LogP contribution in [0.3, 0.4) is 0 Å². The Balaban J connectivity index is 2.27. The van der Waals surface area contributed by atoms with Crippen LogP contribution in [0.25, 0.3) is 0 Å². The molecule has 1 saturated heterocycles. The van der Waals surface area contributed by atoms with Crippen molar-refractivity contribution in [2.75, 3.05) is 38.1 Å². The molecule has 0 aliphatic carbocycles. The zero-order valence-electron chi connectivity index (χ0n) is 10.2. The summed E-state index contributed by atoms with van der Waals surface area (Å²) in [6, 6.07) is 5.03. The lowest BCUT2D eigenvalue weighted by molar-refractivity contribution is 0.101. The molecule has 0 bridgehead atoms. The molecule has 1 aliphatic heterocycles. The van der Waals surface area contributed by atoms with Crippen LogP contribution in [0.5, 0.6) is 0 Å². The van der Waals surface area contributed by atoms with Crippen molar-refractivity contribution in [3.05, 3.63) is 29.6 Å². The van der Waals surface area contributed by atoms with Gasteiger partial charge in [-0.25, -0.2) is 4.39 Å². The Bertz CT molecular complexity index is 425. The van der Waals surface area contributed by atoms with Crippen LogP contribution in [0.15, 0.2) is 18.2 Å². The van der Waals surface area contributed by atoms with Gasteiger partial charge in [0.15, 0.2) is 11.6 Å². The van der Waals surface area contributed by atoms with E-state index in [1.807, 2.05) is 4.90 Å². The Morgan fingerprint density at radius 3 is 2.47 bits per heavy atom. The molecule has 1 aromatic carbocycles. The number of hydrogen-bond acceptors (Lipinski definition) is 3. The number of hydrogen-bond donors (Lipinski definition) is 0. The Morgan fingerprint density at radius 1 is 1.24 bits per heavy atom. The number of carbonyl (C=O) groups is 1. The van der Waals surface area contributed by atoms with E-state index >= 15 is 0 Å². The summed E-state index contributed by atoms with van der Waals surface area (Å²) in [5.74, 6) is -0.608. The normalized spacial score (nSPS) is 17.2. The van der Waals surface area contributed by atoms with Crippen LogP contribution in [-0.2, 0) is 0 Å². The average molecular weight is 236 g/mol. The fraction of sp³-hybridized carbons (Fsp3) is 0.462. The van der Waals surface area contributed by atoms with Gasteiger partial charge in [0.2, 0.25) is 0 Å². The highest BCUT2D eigenvalue weighted by Gasteiger charge is 2.19. The van der Waals surface area contributed by atoms with Gasteiger partial charge in [-0.2, -0.15) is 0 Å². The number of rotatable bonds is 2. The fourth-order valence-electron chi connectivity index (χ4n) is 2.08. The van der Waals surface area contributed by atoms with Crippen LogP contribution in [0.4, 0.5) is 10.1 Å². The Labute approximate surface area is 101 Å². The van der Waals surface area contributed by atoms with Gasteiger partial charge in [0.1, 0.15) is 0 Å². The number of piperazine rings is 1. The van der Waals surface area contributed by atoms with Crippen LogP contribution in [0, 0.1) is 5.82 Å². The molecular weight excluding hydrogens is 219 g/mol. The van der Waals surface area contributed by atoms with Gasteiger partial charge in [-0.15, -0.1) is 0 Å². The maximum Gasteiger partial charge on any atom is 0.162 e. The van der Waals surface area contributed by atoms with Crippen LogP contribution < -0.4 is 4.90 Å². The molecule has 1 aromatic rings. The summed E-state index contributed by atoms with van der Waals surface area (Å²) in [5, 5.41) is 0. The van der Waals surface area contributed by atoms with Crippen LogP contribution in [-0.4, -0.2) is 43.9 Å². The SMILES string of the molecule is CC(=O)c1cccc(N2CCN(C)CC2)c1F. The molecule has 4 heteroatoms. The van der Waals surface area contributed by atoms with E-state index in [9.17, 15) is 9.18 Å². The first kappa shape index (κ1) is 12.0. The third-order valence-electron chi connectivity index (χ3n) is 3.20. The number of nitrogens with zero attached hydrogens (tertiary/aromatic N) is 2. The predicted octanol–water partition coefficient (Wildman–Crippen LogP) is 1.78. The quantitative estimate of drug-likeness (QED) is 0.731. The minimum absolute atomic E-state index is 0.182. The number of carbonyl (C=O) groups excluding carboxylic acids is 1. The van der Waals surface area contributed by atoms with Crippen LogP contribution in [0.2, 0.25) is 0 Å². The van der Waals surface area contributed by atoms with Crippen molar-refractivity contribution < 1.29 is 9.18 Å². The van der Waals surface area contributed by atoms with E-state index in [-0.39, 0.29) is 17.2 Å². The van der Waals surface area contributed by atoms with E-state index < -0.39 is 0 Å². The van der Waals surface area contributed by atoms with E-state index in [4.69, 9.17) is 0 Å². The maximum atomic E-state index is 14.1. The third kappa shape index (κ3) is 2.47. The zero-order valence-corrected chi connectivity index (χ0v) is 10.2. The van der Waals surface area contributed by atoms with Crippen LogP contribution >= 0.6 is 0 Å². The van der Waals surface area contributed by atoms with Gasteiger partial charge >= 0.3 is 0 Å². The van der Waals surface area contributed by atoms with Crippen molar-refractivity contribution in [1.82, 2.24) is 4.90 Å². The lowest BCUT2D eigenvalue weighted by Crippen LogP contribution is -2.44. The van der Waals surface area contributed by atoms with Crippen molar-refractivity contribution in [2.45, 2.75) is 6.92 Å². The minimum Gasteiger partial charge on any atom is -0.367 e. The largest absolute Gasteiger partial charge is 0.367 e. The van der Waals surface area contributed by atoms with E-state index in [1.54, 1.807) is 12.1 Å². The standard InChI is InChI=1S/C13H17FN2O/c1-10(17)11-4-3-5-12(13(11)14)16-8-6-15(2)7-9-16/h3-5H,6-9H2,1-2H3. The van der Waals surface area contributed by atoms with Gasteiger partial charge in [-0.1, -0.05) is 6.07 Å². The van der Waals surface area contributed by atoms with Crippen molar-refractivity contribution in [3.63, 3.8) is 0 Å². The lowest BCUT2D eigenvalue weighted by Gasteiger charge is -2.34. The lowest BCUT2D eigenvalue weighted by atomic mass is 10.1. The van der Waals surface area contributed by atoms with Gasteiger partial charge in [0, 0.05) is 26.2 Å². The smallest absolute Gasteiger partial charge is 0.162 e. The first-order chi connectivity index (χ1) is 8.09. The summed E-state index contributed by atoms with van der Waals surface area (Å²) in [6.45, 7) is 4.84. The Morgan fingerprint density at radius 2 is 1.88 bits per heavy atom. The highest BCUT2D eigenvalue weighted by molar-refractivity contribution is 5.95. The molecular formula is C13H17FN2O. The van der Waals surface area contributed by atoms with E-state index in [1.165, 1.54) is 13.0 Å². The molecule has 1 aliphatic rings. The molecule has 17 heavy (non-hydrogen) atoms. The third-order valence-corrected chi connectivity index (χ3v) is 3.20. The molecule has 3 nitrogen and oxygen atoms in total. The van der Waals surface area contributed by atoms with Crippen molar-refractivity contribution in [2.24, 2.45) is 0 Å². The molecule has 0 unspecified atom stereocenters. The average Bonchev–Trinajstić information content (AvgIpc) is 2.30. The number of Topliss-reactive ketones (excluding diaryl/α,β-unsaturated/α-hetero) is 1. The minimum atomic E-state index is -0.385. The summed E-state index contributed by atoms with van der Waals surface area (Å²) in [5.41, 5.74) is 0.729. The molecule has 0 radical (unpaired) electrons. The summed E-state index contributed by atoms with van der Waals surface area (Å²) in [6.07, 6.45) is 0. The monoisotopic (exact) mass is 236 g/mol. The number of ketones is 1. The molecule has 0 aromatic heterocycles. The number of anilines is 1. The second-order valence-corrected chi connectivity index (χ2v) is 4.49. The molecule has 92 valence electrons. The molecule has 0 N–H and O–H groups in total. The number of benzene rings is 1. The predicted molar refractivity (Wildman–Crippen MR) is 66.1 cm³/mol. The van der Waals surface area contributed by atoms with Crippen LogP contribution in [0.1, 0.15) is 17.3 Å². The number of likely N-dealkylation sites (N-methyl/N-ethyl adjacent to an activating group) is 1. The van der Waals surface area contributed by atoms with Gasteiger partial charge in [0.25, 0.3) is 0 Å². The van der Waals surface area contributed by atoms with E-state index in [2.05, 4.69) is 11.9 Å². The first-order valence-electron chi connectivity index (χ1n) is 5.82. The molecule has 0 amide bonds. The summed E-state index contributed by atoms with van der Waals surface area (Å²) >= 11 is 0. The maximum absolute atomic E-state index is 14.1. The van der Waals surface area contributed by atoms with E-state index in [0.29, 0.717) is 5.69 Å². The summed E-state index contributed by atoms with van der Waals surface area (Å²) in [4.78, 5) is 15.5.